The van der Waals surface area contributed by atoms with Crippen molar-refractivity contribution in [2.75, 3.05) is 26.2 Å². The van der Waals surface area contributed by atoms with Gasteiger partial charge >= 0.3 is 6.36 Å². The largest absolute Gasteiger partial charge is 0.573 e. The molecule has 2 aliphatic rings. The molecule has 1 amide bonds. The lowest BCUT2D eigenvalue weighted by Gasteiger charge is -2.32. The van der Waals surface area contributed by atoms with E-state index in [1.165, 1.54) is 17.7 Å². The number of ether oxygens (including phenoxy) is 2. The van der Waals surface area contributed by atoms with Crippen molar-refractivity contribution in [2.24, 2.45) is 0 Å². The van der Waals surface area contributed by atoms with Gasteiger partial charge < -0.3 is 14.8 Å². The summed E-state index contributed by atoms with van der Waals surface area (Å²) in [5, 5.41) is 12.2. The normalized spacial score (nSPS) is 17.3. The van der Waals surface area contributed by atoms with Crippen LogP contribution in [0.3, 0.4) is 0 Å². The second-order valence-electron chi connectivity index (χ2n) is 11.1. The smallest absolute Gasteiger partial charge is 0.490 e. The number of hydrogen-bond acceptors (Lipinski definition) is 6. The van der Waals surface area contributed by atoms with E-state index in [0.717, 1.165) is 64.0 Å². The minimum atomic E-state index is -4.69. The summed E-state index contributed by atoms with van der Waals surface area (Å²) in [7, 11) is 0. The molecule has 2 saturated heterocycles. The molecule has 3 aromatic carbocycles. The van der Waals surface area contributed by atoms with Gasteiger partial charge in [-0.1, -0.05) is 30.3 Å². The Morgan fingerprint density at radius 1 is 0.837 bits per heavy atom. The maximum absolute atomic E-state index is 13.0. The van der Waals surface area contributed by atoms with Gasteiger partial charge in [0.05, 0.1) is 11.6 Å². The van der Waals surface area contributed by atoms with Crippen molar-refractivity contribution in [1.29, 1.82) is 5.26 Å². The van der Waals surface area contributed by atoms with E-state index < -0.39 is 6.36 Å². The molecule has 0 bridgehead atoms. The van der Waals surface area contributed by atoms with Gasteiger partial charge in [0, 0.05) is 50.9 Å². The van der Waals surface area contributed by atoms with E-state index in [1.54, 1.807) is 24.3 Å². The molecule has 0 radical (unpaired) electrons. The van der Waals surface area contributed by atoms with Crippen LogP contribution in [0.5, 0.6) is 11.5 Å². The topological polar surface area (TPSA) is 77.8 Å². The van der Waals surface area contributed by atoms with Gasteiger partial charge in [0.1, 0.15) is 17.6 Å². The fourth-order valence-corrected chi connectivity index (χ4v) is 5.59. The molecule has 2 heterocycles. The van der Waals surface area contributed by atoms with E-state index in [2.05, 4.69) is 25.9 Å². The zero-order chi connectivity index (χ0) is 30.2. The molecule has 0 atom stereocenters. The predicted octanol–water partition coefficient (Wildman–Crippen LogP) is 5.89. The first kappa shape index (κ1) is 30.4. The van der Waals surface area contributed by atoms with E-state index in [4.69, 9.17) is 10.00 Å². The van der Waals surface area contributed by atoms with Gasteiger partial charge in [-0.25, -0.2) is 0 Å². The van der Waals surface area contributed by atoms with Crippen LogP contribution in [0.4, 0.5) is 13.2 Å². The molecule has 0 saturated carbocycles. The molecular formula is C33H35F3N4O3. The summed E-state index contributed by atoms with van der Waals surface area (Å²) >= 11 is 0. The number of carbonyl (C=O) groups excluding carboxylic acids is 1. The molecule has 0 aromatic heterocycles. The van der Waals surface area contributed by atoms with Crippen LogP contribution in [0.15, 0.2) is 72.8 Å². The number of amides is 1. The Hall–Kier alpha value is -4.07. The summed E-state index contributed by atoms with van der Waals surface area (Å²) in [5.41, 5.74) is 3.34. The number of nitrogens with one attached hydrogen (secondary N) is 1. The highest BCUT2D eigenvalue weighted by atomic mass is 19.4. The maximum Gasteiger partial charge on any atom is 0.573 e. The molecule has 7 nitrogen and oxygen atoms in total. The molecule has 0 aliphatic carbocycles. The van der Waals surface area contributed by atoms with E-state index in [0.29, 0.717) is 23.4 Å². The lowest BCUT2D eigenvalue weighted by Crippen LogP contribution is -2.44. The fourth-order valence-electron chi connectivity index (χ4n) is 5.59. The zero-order valence-electron chi connectivity index (χ0n) is 23.9. The predicted molar refractivity (Wildman–Crippen MR) is 155 cm³/mol. The first-order valence-corrected chi connectivity index (χ1v) is 14.6. The lowest BCUT2D eigenvalue weighted by molar-refractivity contribution is -0.274. The van der Waals surface area contributed by atoms with E-state index >= 15 is 0 Å². The summed E-state index contributed by atoms with van der Waals surface area (Å²) in [6.45, 7) is 4.86. The van der Waals surface area contributed by atoms with Crippen molar-refractivity contribution >= 4 is 5.91 Å². The van der Waals surface area contributed by atoms with E-state index in [1.807, 2.05) is 36.4 Å². The van der Waals surface area contributed by atoms with Crippen molar-refractivity contribution in [3.05, 3.63) is 95.1 Å². The van der Waals surface area contributed by atoms with Gasteiger partial charge in [-0.15, -0.1) is 13.2 Å². The van der Waals surface area contributed by atoms with Gasteiger partial charge in [0.2, 0.25) is 0 Å². The third kappa shape index (κ3) is 9.21. The molecule has 0 unspecified atom stereocenters. The Kier molecular flexibility index (Phi) is 9.85. The number of likely N-dealkylation sites (tertiary alicyclic amines) is 2. The van der Waals surface area contributed by atoms with E-state index in [-0.39, 0.29) is 23.8 Å². The summed E-state index contributed by atoms with van der Waals surface area (Å²) < 4.78 is 47.3. The number of carbonyl (C=O) groups is 1. The minimum Gasteiger partial charge on any atom is -0.490 e. The average Bonchev–Trinajstić information content (AvgIpc) is 3.00. The van der Waals surface area contributed by atoms with Crippen LogP contribution in [0.1, 0.15) is 52.7 Å². The Morgan fingerprint density at radius 3 is 2.00 bits per heavy atom. The summed E-state index contributed by atoms with van der Waals surface area (Å²) in [6.07, 6.45) is -1.29. The van der Waals surface area contributed by atoms with Gasteiger partial charge in [-0.2, -0.15) is 5.26 Å². The number of piperidine rings is 2. The molecule has 3 aromatic rings. The number of nitrogens with zero attached hydrogens (tertiary/aromatic N) is 3. The van der Waals surface area contributed by atoms with Crippen LogP contribution in [0.2, 0.25) is 0 Å². The Morgan fingerprint density at radius 2 is 1.42 bits per heavy atom. The van der Waals surface area contributed by atoms with Crippen molar-refractivity contribution < 1.29 is 27.4 Å². The number of nitriles is 1. The Balaban J connectivity index is 1.03. The highest BCUT2D eigenvalue weighted by Gasteiger charge is 2.31. The SMILES string of the molecule is N#Cc1ccc(CN2CCC(NC(=O)c3cccc(OC4CCN(Cc5ccc(OC(F)(F)F)cc5)CC4)c3)CC2)cc1. The highest BCUT2D eigenvalue weighted by molar-refractivity contribution is 5.94. The molecule has 2 fully saturated rings. The first-order chi connectivity index (χ1) is 20.7. The van der Waals surface area contributed by atoms with Crippen LogP contribution in [-0.2, 0) is 13.1 Å². The van der Waals surface area contributed by atoms with Crippen LogP contribution in [0.25, 0.3) is 0 Å². The second kappa shape index (κ2) is 13.9. The van der Waals surface area contributed by atoms with Crippen molar-refractivity contribution in [3.8, 4) is 17.6 Å². The number of halogens is 3. The quantitative estimate of drug-likeness (QED) is 0.334. The van der Waals surface area contributed by atoms with Gasteiger partial charge in [-0.3, -0.25) is 14.6 Å². The molecule has 10 heteroatoms. The first-order valence-electron chi connectivity index (χ1n) is 14.6. The standard InChI is InChI=1S/C33H35F3N4O3/c34-33(35,36)43-30-10-8-26(9-11-30)23-40-18-14-29(15-19-40)42-31-3-1-2-27(20-31)32(41)38-28-12-16-39(17-13-28)22-25-6-4-24(21-37)5-7-25/h1-11,20,28-29H,12-19,22-23H2,(H,38,41). The van der Waals surface area contributed by atoms with Crippen LogP contribution >= 0.6 is 0 Å². The molecule has 2 aliphatic heterocycles. The number of hydrogen-bond donors (Lipinski definition) is 1. The second-order valence-corrected chi connectivity index (χ2v) is 11.1. The van der Waals surface area contributed by atoms with Crippen LogP contribution in [0, 0.1) is 11.3 Å². The van der Waals surface area contributed by atoms with Gasteiger partial charge in [0.15, 0.2) is 0 Å². The Bertz CT molecular complexity index is 1390. The molecule has 1 N–H and O–H groups in total. The van der Waals surface area contributed by atoms with Gasteiger partial charge in [-0.05, 0) is 79.3 Å². The minimum absolute atomic E-state index is 0.0255. The number of rotatable bonds is 9. The fraction of sp³-hybridized carbons (Fsp3) is 0.394. The molecule has 0 spiro atoms. The average molecular weight is 593 g/mol. The highest BCUT2D eigenvalue weighted by Crippen LogP contribution is 2.25. The zero-order valence-corrected chi connectivity index (χ0v) is 23.9. The summed E-state index contributed by atoms with van der Waals surface area (Å²) in [4.78, 5) is 17.6. The summed E-state index contributed by atoms with van der Waals surface area (Å²) in [6, 6.07) is 23.2. The monoisotopic (exact) mass is 592 g/mol. The van der Waals surface area contributed by atoms with Crippen molar-refractivity contribution in [2.45, 2.75) is 57.3 Å². The number of benzene rings is 3. The summed E-state index contributed by atoms with van der Waals surface area (Å²) in [5.74, 6) is 0.349. The molecule has 226 valence electrons. The lowest BCUT2D eigenvalue weighted by atomic mass is 10.0. The van der Waals surface area contributed by atoms with Crippen LogP contribution in [-0.4, -0.2) is 60.4 Å². The van der Waals surface area contributed by atoms with E-state index in [9.17, 15) is 18.0 Å². The Labute approximate surface area is 249 Å². The number of alkyl halides is 3. The third-order valence-electron chi connectivity index (χ3n) is 7.91. The maximum atomic E-state index is 13.0. The third-order valence-corrected chi connectivity index (χ3v) is 7.91. The molecular weight excluding hydrogens is 557 g/mol. The van der Waals surface area contributed by atoms with Gasteiger partial charge in [0.25, 0.3) is 5.91 Å². The van der Waals surface area contributed by atoms with Crippen LogP contribution < -0.4 is 14.8 Å². The van der Waals surface area contributed by atoms with Crippen molar-refractivity contribution in [3.63, 3.8) is 0 Å². The molecule has 43 heavy (non-hydrogen) atoms. The molecule has 5 rings (SSSR count). The van der Waals surface area contributed by atoms with Crippen molar-refractivity contribution in [1.82, 2.24) is 15.1 Å².